The van der Waals surface area contributed by atoms with Gasteiger partial charge in [-0.1, -0.05) is 6.42 Å². The zero-order valence-corrected chi connectivity index (χ0v) is 12.4. The molecule has 0 aromatic rings. The van der Waals surface area contributed by atoms with Gasteiger partial charge in [0.15, 0.2) is 0 Å². The lowest BCUT2D eigenvalue weighted by molar-refractivity contribution is 0.0176. The molecule has 3 nitrogen and oxygen atoms in total. The van der Waals surface area contributed by atoms with Gasteiger partial charge in [-0.25, -0.2) is 0 Å². The first-order valence-electron chi connectivity index (χ1n) is 7.66. The molecule has 2 heterocycles. The Labute approximate surface area is 112 Å². The molecule has 2 unspecified atom stereocenters. The standard InChI is InChI=1S/C15H30N2O/c1-15(2,3)16-11-13-7-8-14(18-13)12-17-9-5-4-6-10-17/h13-14,16H,4-12H2,1-3H3. The summed E-state index contributed by atoms with van der Waals surface area (Å²) in [4.78, 5) is 2.59. The van der Waals surface area contributed by atoms with Crippen LogP contribution in [0.5, 0.6) is 0 Å². The minimum atomic E-state index is 0.203. The van der Waals surface area contributed by atoms with Crippen LogP contribution in [0.25, 0.3) is 0 Å². The fourth-order valence-corrected chi connectivity index (χ4v) is 2.91. The van der Waals surface area contributed by atoms with Crippen LogP contribution in [0.2, 0.25) is 0 Å². The number of rotatable bonds is 4. The molecule has 2 fully saturated rings. The maximum atomic E-state index is 6.16. The number of hydrogen-bond donors (Lipinski definition) is 1. The number of nitrogens with zero attached hydrogens (tertiary/aromatic N) is 1. The van der Waals surface area contributed by atoms with Gasteiger partial charge in [0, 0.05) is 18.6 Å². The van der Waals surface area contributed by atoms with Crippen molar-refractivity contribution in [3.8, 4) is 0 Å². The van der Waals surface area contributed by atoms with Crippen LogP contribution in [0.4, 0.5) is 0 Å². The molecule has 106 valence electrons. The van der Waals surface area contributed by atoms with Gasteiger partial charge in [-0.3, -0.25) is 0 Å². The highest BCUT2D eigenvalue weighted by Gasteiger charge is 2.27. The van der Waals surface area contributed by atoms with Gasteiger partial charge in [-0.05, 0) is 59.5 Å². The molecule has 0 aromatic carbocycles. The van der Waals surface area contributed by atoms with Crippen LogP contribution in [-0.2, 0) is 4.74 Å². The molecule has 0 spiro atoms. The molecule has 2 rings (SSSR count). The summed E-state index contributed by atoms with van der Waals surface area (Å²) < 4.78 is 6.16. The third-order valence-corrected chi connectivity index (χ3v) is 3.97. The van der Waals surface area contributed by atoms with E-state index in [2.05, 4.69) is 31.0 Å². The molecule has 0 amide bonds. The van der Waals surface area contributed by atoms with E-state index in [-0.39, 0.29) is 5.54 Å². The Morgan fingerprint density at radius 3 is 2.39 bits per heavy atom. The maximum Gasteiger partial charge on any atom is 0.0707 e. The summed E-state index contributed by atoms with van der Waals surface area (Å²) in [5, 5.41) is 3.55. The van der Waals surface area contributed by atoms with E-state index in [0.29, 0.717) is 12.2 Å². The lowest BCUT2D eigenvalue weighted by Crippen LogP contribution is -2.41. The molecule has 0 radical (unpaired) electrons. The maximum absolute atomic E-state index is 6.16. The average Bonchev–Trinajstić information content (AvgIpc) is 2.75. The van der Waals surface area contributed by atoms with E-state index < -0.39 is 0 Å². The van der Waals surface area contributed by atoms with Crippen molar-refractivity contribution in [1.82, 2.24) is 10.2 Å². The van der Waals surface area contributed by atoms with E-state index in [1.165, 1.54) is 45.2 Å². The van der Waals surface area contributed by atoms with Crippen molar-refractivity contribution in [2.75, 3.05) is 26.2 Å². The van der Waals surface area contributed by atoms with Gasteiger partial charge < -0.3 is 15.0 Å². The molecule has 2 saturated heterocycles. The van der Waals surface area contributed by atoms with Gasteiger partial charge in [0.25, 0.3) is 0 Å². The molecule has 0 aliphatic carbocycles. The van der Waals surface area contributed by atoms with Crippen LogP contribution >= 0.6 is 0 Å². The smallest absolute Gasteiger partial charge is 0.0707 e. The lowest BCUT2D eigenvalue weighted by Gasteiger charge is -2.29. The van der Waals surface area contributed by atoms with Gasteiger partial charge >= 0.3 is 0 Å². The van der Waals surface area contributed by atoms with E-state index in [1.54, 1.807) is 0 Å². The molecule has 0 aromatic heterocycles. The fraction of sp³-hybridized carbons (Fsp3) is 1.00. The van der Waals surface area contributed by atoms with Crippen LogP contribution in [0.15, 0.2) is 0 Å². The zero-order chi connectivity index (χ0) is 13.0. The summed E-state index contributed by atoms with van der Waals surface area (Å²) in [5.41, 5.74) is 0.203. The first-order chi connectivity index (χ1) is 8.53. The van der Waals surface area contributed by atoms with Crippen LogP contribution in [0.3, 0.4) is 0 Å². The minimum absolute atomic E-state index is 0.203. The minimum Gasteiger partial charge on any atom is -0.372 e. The van der Waals surface area contributed by atoms with Gasteiger partial charge in [0.2, 0.25) is 0 Å². The Morgan fingerprint density at radius 1 is 1.06 bits per heavy atom. The first-order valence-corrected chi connectivity index (χ1v) is 7.66. The van der Waals surface area contributed by atoms with Crippen molar-refractivity contribution in [2.24, 2.45) is 0 Å². The highest BCUT2D eigenvalue weighted by molar-refractivity contribution is 4.81. The van der Waals surface area contributed by atoms with Crippen LogP contribution in [0, 0.1) is 0 Å². The Balaban J connectivity index is 1.65. The molecule has 3 heteroatoms. The Hall–Kier alpha value is -0.120. The summed E-state index contributed by atoms with van der Waals surface area (Å²) in [5.74, 6) is 0. The van der Waals surface area contributed by atoms with Crippen LogP contribution < -0.4 is 5.32 Å². The summed E-state index contributed by atoms with van der Waals surface area (Å²) in [6.45, 7) is 11.4. The summed E-state index contributed by atoms with van der Waals surface area (Å²) in [7, 11) is 0. The molecule has 2 aliphatic rings. The number of piperidine rings is 1. The SMILES string of the molecule is CC(C)(C)NCC1CCC(CN2CCCCC2)O1. The topological polar surface area (TPSA) is 24.5 Å². The van der Waals surface area contributed by atoms with Gasteiger partial charge in [-0.15, -0.1) is 0 Å². The molecule has 18 heavy (non-hydrogen) atoms. The van der Waals surface area contributed by atoms with Gasteiger partial charge in [0.1, 0.15) is 0 Å². The van der Waals surface area contributed by atoms with Crippen LogP contribution in [-0.4, -0.2) is 48.8 Å². The highest BCUT2D eigenvalue weighted by atomic mass is 16.5. The predicted molar refractivity (Wildman–Crippen MR) is 75.9 cm³/mol. The summed E-state index contributed by atoms with van der Waals surface area (Å²) in [6.07, 6.45) is 7.55. The zero-order valence-electron chi connectivity index (χ0n) is 12.4. The van der Waals surface area contributed by atoms with Crippen molar-refractivity contribution in [1.29, 1.82) is 0 Å². The predicted octanol–water partition coefficient (Wildman–Crippen LogP) is 2.41. The number of hydrogen-bond acceptors (Lipinski definition) is 3. The van der Waals surface area contributed by atoms with E-state index >= 15 is 0 Å². The van der Waals surface area contributed by atoms with E-state index in [1.807, 2.05) is 0 Å². The Morgan fingerprint density at radius 2 is 1.72 bits per heavy atom. The average molecular weight is 254 g/mol. The van der Waals surface area contributed by atoms with Crippen molar-refractivity contribution in [2.45, 2.75) is 70.6 Å². The fourth-order valence-electron chi connectivity index (χ4n) is 2.91. The van der Waals surface area contributed by atoms with E-state index in [0.717, 1.165) is 13.1 Å². The quantitative estimate of drug-likeness (QED) is 0.834. The Bertz CT molecular complexity index is 243. The lowest BCUT2D eigenvalue weighted by atomic mass is 10.1. The molecule has 0 bridgehead atoms. The molecule has 1 N–H and O–H groups in total. The van der Waals surface area contributed by atoms with Crippen molar-refractivity contribution in [3.63, 3.8) is 0 Å². The number of likely N-dealkylation sites (tertiary alicyclic amines) is 1. The van der Waals surface area contributed by atoms with Gasteiger partial charge in [-0.2, -0.15) is 0 Å². The second-order valence-corrected chi connectivity index (χ2v) is 6.95. The monoisotopic (exact) mass is 254 g/mol. The third-order valence-electron chi connectivity index (χ3n) is 3.97. The second kappa shape index (κ2) is 6.36. The molecular weight excluding hydrogens is 224 g/mol. The van der Waals surface area contributed by atoms with Crippen molar-refractivity contribution in [3.05, 3.63) is 0 Å². The molecular formula is C15H30N2O. The van der Waals surface area contributed by atoms with Crippen molar-refractivity contribution >= 4 is 0 Å². The summed E-state index contributed by atoms with van der Waals surface area (Å²) in [6, 6.07) is 0. The molecule has 2 aliphatic heterocycles. The largest absolute Gasteiger partial charge is 0.372 e. The third kappa shape index (κ3) is 4.87. The van der Waals surface area contributed by atoms with E-state index in [4.69, 9.17) is 4.74 Å². The van der Waals surface area contributed by atoms with Crippen molar-refractivity contribution < 1.29 is 4.74 Å². The summed E-state index contributed by atoms with van der Waals surface area (Å²) >= 11 is 0. The Kier molecular flexibility index (Phi) is 5.05. The van der Waals surface area contributed by atoms with Gasteiger partial charge in [0.05, 0.1) is 12.2 Å². The first kappa shape index (κ1) is 14.3. The van der Waals surface area contributed by atoms with Crippen LogP contribution in [0.1, 0.15) is 52.9 Å². The number of nitrogens with one attached hydrogen (secondary N) is 1. The normalized spacial score (nSPS) is 30.8. The molecule has 0 saturated carbocycles. The molecule has 2 atom stereocenters. The second-order valence-electron chi connectivity index (χ2n) is 6.95. The number of ether oxygens (including phenoxy) is 1. The van der Waals surface area contributed by atoms with E-state index in [9.17, 15) is 0 Å². The highest BCUT2D eigenvalue weighted by Crippen LogP contribution is 2.22.